The average Bonchev–Trinajstić information content (AvgIpc) is 2.59. The molecule has 0 aliphatic rings. The van der Waals surface area contributed by atoms with Crippen molar-refractivity contribution in [2.24, 2.45) is 0 Å². The van der Waals surface area contributed by atoms with Gasteiger partial charge in [0.15, 0.2) is 0 Å². The fraction of sp³-hybridized carbons (Fsp3) is 0.211. The fourth-order valence-corrected chi connectivity index (χ4v) is 3.41. The van der Waals surface area contributed by atoms with Gasteiger partial charge in [-0.25, -0.2) is 17.5 Å². The van der Waals surface area contributed by atoms with E-state index in [-0.39, 0.29) is 22.7 Å². The molecule has 2 aromatic carbocycles. The van der Waals surface area contributed by atoms with E-state index in [9.17, 15) is 17.6 Å². The Bertz CT molecular complexity index is 874. The standard InChI is InChI=1S/C19H21FN2O3S/c1-14(2)22-26(24,25)18-10-5-15(6-11-18)7-12-19(23)21-13-16-3-8-17(20)9-4-16/h3-12,14,22H,13H2,1-2H3,(H,21,23)/b12-7+. The van der Waals surface area contributed by atoms with Crippen molar-refractivity contribution in [3.63, 3.8) is 0 Å². The first-order valence-corrected chi connectivity index (χ1v) is 9.57. The minimum absolute atomic E-state index is 0.170. The van der Waals surface area contributed by atoms with Gasteiger partial charge in [-0.3, -0.25) is 4.79 Å². The van der Waals surface area contributed by atoms with Crippen LogP contribution < -0.4 is 10.0 Å². The number of carbonyl (C=O) groups excluding carboxylic acids is 1. The molecular weight excluding hydrogens is 355 g/mol. The summed E-state index contributed by atoms with van der Waals surface area (Å²) in [5, 5.41) is 2.69. The van der Waals surface area contributed by atoms with Crippen molar-refractivity contribution in [3.8, 4) is 0 Å². The summed E-state index contributed by atoms with van der Waals surface area (Å²) in [6.45, 7) is 3.79. The maximum absolute atomic E-state index is 12.8. The molecule has 0 aromatic heterocycles. The lowest BCUT2D eigenvalue weighted by Gasteiger charge is -2.09. The van der Waals surface area contributed by atoms with Gasteiger partial charge in [-0.2, -0.15) is 0 Å². The molecule has 0 spiro atoms. The molecule has 0 aliphatic heterocycles. The normalized spacial score (nSPS) is 11.8. The van der Waals surface area contributed by atoms with Crippen LogP contribution in [0.2, 0.25) is 0 Å². The van der Waals surface area contributed by atoms with Crippen LogP contribution in [0.3, 0.4) is 0 Å². The van der Waals surface area contributed by atoms with Gasteiger partial charge in [0.05, 0.1) is 4.90 Å². The van der Waals surface area contributed by atoms with Gasteiger partial charge in [-0.1, -0.05) is 24.3 Å². The lowest BCUT2D eigenvalue weighted by molar-refractivity contribution is -0.116. The van der Waals surface area contributed by atoms with Crippen LogP contribution in [0.5, 0.6) is 0 Å². The maximum Gasteiger partial charge on any atom is 0.244 e. The van der Waals surface area contributed by atoms with Crippen molar-refractivity contribution in [3.05, 3.63) is 71.6 Å². The van der Waals surface area contributed by atoms with Crippen LogP contribution in [-0.2, 0) is 21.4 Å². The summed E-state index contributed by atoms with van der Waals surface area (Å²) in [5.41, 5.74) is 1.49. The molecule has 0 saturated heterocycles. The van der Waals surface area contributed by atoms with E-state index in [4.69, 9.17) is 0 Å². The molecule has 0 saturated carbocycles. The highest BCUT2D eigenvalue weighted by Crippen LogP contribution is 2.12. The van der Waals surface area contributed by atoms with Crippen molar-refractivity contribution in [2.45, 2.75) is 31.3 Å². The van der Waals surface area contributed by atoms with Gasteiger partial charge in [-0.05, 0) is 55.3 Å². The van der Waals surface area contributed by atoms with Gasteiger partial charge in [0.1, 0.15) is 5.82 Å². The number of amides is 1. The van der Waals surface area contributed by atoms with Crippen LogP contribution in [-0.4, -0.2) is 20.4 Å². The summed E-state index contributed by atoms with van der Waals surface area (Å²) >= 11 is 0. The summed E-state index contributed by atoms with van der Waals surface area (Å²) in [6, 6.07) is 11.9. The molecule has 5 nitrogen and oxygen atoms in total. The van der Waals surface area contributed by atoms with Crippen molar-refractivity contribution < 1.29 is 17.6 Å². The molecule has 2 rings (SSSR count). The lowest BCUT2D eigenvalue weighted by atomic mass is 10.2. The second kappa shape index (κ2) is 8.73. The Morgan fingerprint density at radius 1 is 1.08 bits per heavy atom. The topological polar surface area (TPSA) is 75.3 Å². The zero-order valence-corrected chi connectivity index (χ0v) is 15.4. The molecular formula is C19H21FN2O3S. The molecule has 0 unspecified atom stereocenters. The van der Waals surface area contributed by atoms with Crippen LogP contribution in [0.1, 0.15) is 25.0 Å². The molecule has 0 heterocycles. The van der Waals surface area contributed by atoms with Crippen LogP contribution in [0.15, 0.2) is 59.5 Å². The highest BCUT2D eigenvalue weighted by molar-refractivity contribution is 7.89. The molecule has 0 atom stereocenters. The van der Waals surface area contributed by atoms with Gasteiger partial charge < -0.3 is 5.32 Å². The minimum Gasteiger partial charge on any atom is -0.348 e. The number of sulfonamides is 1. The highest BCUT2D eigenvalue weighted by atomic mass is 32.2. The van der Waals surface area contributed by atoms with E-state index in [0.29, 0.717) is 12.1 Å². The molecule has 138 valence electrons. The summed E-state index contributed by atoms with van der Waals surface area (Å²) in [6.07, 6.45) is 2.95. The van der Waals surface area contributed by atoms with E-state index in [2.05, 4.69) is 10.0 Å². The van der Waals surface area contributed by atoms with Crippen molar-refractivity contribution in [1.29, 1.82) is 0 Å². The van der Waals surface area contributed by atoms with E-state index < -0.39 is 10.0 Å². The van der Waals surface area contributed by atoms with Crippen LogP contribution in [0.25, 0.3) is 6.08 Å². The average molecular weight is 376 g/mol. The Morgan fingerprint density at radius 3 is 2.27 bits per heavy atom. The second-order valence-corrected chi connectivity index (χ2v) is 7.74. The summed E-state index contributed by atoms with van der Waals surface area (Å²) in [4.78, 5) is 12.0. The second-order valence-electron chi connectivity index (χ2n) is 6.02. The zero-order valence-electron chi connectivity index (χ0n) is 14.6. The Balaban J connectivity index is 1.93. The summed E-state index contributed by atoms with van der Waals surface area (Å²) < 4.78 is 39.4. The molecule has 2 aromatic rings. The third-order valence-electron chi connectivity index (χ3n) is 3.39. The smallest absolute Gasteiger partial charge is 0.244 e. The predicted octanol–water partition coefficient (Wildman–Crippen LogP) is 2.84. The molecule has 0 fully saturated rings. The van der Waals surface area contributed by atoms with Crippen LogP contribution >= 0.6 is 0 Å². The Hall–Kier alpha value is -2.51. The number of carbonyl (C=O) groups is 1. The van der Waals surface area contributed by atoms with Gasteiger partial charge in [0.25, 0.3) is 0 Å². The van der Waals surface area contributed by atoms with Gasteiger partial charge in [-0.15, -0.1) is 0 Å². The maximum atomic E-state index is 12.8. The number of benzene rings is 2. The number of nitrogens with one attached hydrogen (secondary N) is 2. The van der Waals surface area contributed by atoms with Crippen LogP contribution in [0, 0.1) is 5.82 Å². The lowest BCUT2D eigenvalue weighted by Crippen LogP contribution is -2.30. The Morgan fingerprint density at radius 2 is 1.69 bits per heavy atom. The summed E-state index contributed by atoms with van der Waals surface area (Å²) in [5.74, 6) is -0.624. The van der Waals surface area contributed by atoms with E-state index in [1.165, 1.54) is 30.3 Å². The molecule has 0 bridgehead atoms. The fourth-order valence-electron chi connectivity index (χ4n) is 2.16. The highest BCUT2D eigenvalue weighted by Gasteiger charge is 2.14. The van der Waals surface area contributed by atoms with E-state index in [0.717, 1.165) is 5.56 Å². The van der Waals surface area contributed by atoms with Crippen molar-refractivity contribution in [1.82, 2.24) is 10.0 Å². The third kappa shape index (κ3) is 6.09. The summed E-state index contributed by atoms with van der Waals surface area (Å²) in [7, 11) is -3.53. The van der Waals surface area contributed by atoms with Gasteiger partial charge in [0, 0.05) is 18.7 Å². The Kier molecular flexibility index (Phi) is 6.65. The third-order valence-corrected chi connectivity index (χ3v) is 5.06. The monoisotopic (exact) mass is 376 g/mol. The molecule has 7 heteroatoms. The molecule has 26 heavy (non-hydrogen) atoms. The van der Waals surface area contributed by atoms with Crippen molar-refractivity contribution >= 4 is 22.0 Å². The number of hydrogen-bond acceptors (Lipinski definition) is 3. The van der Waals surface area contributed by atoms with Gasteiger partial charge in [0.2, 0.25) is 15.9 Å². The van der Waals surface area contributed by atoms with Crippen molar-refractivity contribution in [2.75, 3.05) is 0 Å². The minimum atomic E-state index is -3.53. The SMILES string of the molecule is CC(C)NS(=O)(=O)c1ccc(/C=C/C(=O)NCc2ccc(F)cc2)cc1. The molecule has 2 N–H and O–H groups in total. The largest absolute Gasteiger partial charge is 0.348 e. The predicted molar refractivity (Wildman–Crippen MR) is 99.2 cm³/mol. The Labute approximate surface area is 153 Å². The first-order chi connectivity index (χ1) is 12.3. The first kappa shape index (κ1) is 19.8. The van der Waals surface area contributed by atoms with Gasteiger partial charge >= 0.3 is 0 Å². The molecule has 0 radical (unpaired) electrons. The van der Waals surface area contributed by atoms with E-state index in [1.54, 1.807) is 44.2 Å². The first-order valence-electron chi connectivity index (χ1n) is 8.09. The van der Waals surface area contributed by atoms with E-state index >= 15 is 0 Å². The zero-order chi connectivity index (χ0) is 19.2. The van der Waals surface area contributed by atoms with E-state index in [1.807, 2.05) is 0 Å². The molecule has 1 amide bonds. The number of halogens is 1. The molecule has 0 aliphatic carbocycles. The van der Waals surface area contributed by atoms with Crippen LogP contribution in [0.4, 0.5) is 4.39 Å². The number of rotatable bonds is 7. The number of hydrogen-bond donors (Lipinski definition) is 2. The quantitative estimate of drug-likeness (QED) is 0.730.